The molecule has 92 valence electrons. The van der Waals surface area contributed by atoms with Gasteiger partial charge >= 0.3 is 0 Å². The molecule has 0 spiro atoms. The standard InChI is InChI=1S/C12H24N4/c1-11(6-9-15(2)3)13-7-5-12-14-8-10-16(12)4/h8,10-11,13H,5-7,9H2,1-4H3. The first-order valence-corrected chi connectivity index (χ1v) is 5.94. The largest absolute Gasteiger partial charge is 0.338 e. The molecule has 1 heterocycles. The fourth-order valence-electron chi connectivity index (χ4n) is 1.62. The minimum Gasteiger partial charge on any atom is -0.338 e. The molecule has 1 aromatic heterocycles. The molecule has 0 fully saturated rings. The van der Waals surface area contributed by atoms with Crippen molar-refractivity contribution in [3.63, 3.8) is 0 Å². The first-order valence-electron chi connectivity index (χ1n) is 5.94. The Labute approximate surface area is 98.7 Å². The molecule has 1 atom stereocenters. The number of nitrogens with one attached hydrogen (secondary N) is 1. The number of hydrogen-bond acceptors (Lipinski definition) is 3. The lowest BCUT2D eigenvalue weighted by Gasteiger charge is -2.16. The molecule has 0 aliphatic rings. The van der Waals surface area contributed by atoms with Crippen molar-refractivity contribution in [1.29, 1.82) is 0 Å². The average molecular weight is 224 g/mol. The lowest BCUT2D eigenvalue weighted by Crippen LogP contribution is -2.31. The van der Waals surface area contributed by atoms with Crippen LogP contribution in [0.5, 0.6) is 0 Å². The van der Waals surface area contributed by atoms with E-state index in [1.165, 1.54) is 6.42 Å². The average Bonchev–Trinajstić information content (AvgIpc) is 2.61. The van der Waals surface area contributed by atoms with E-state index in [1.54, 1.807) is 0 Å². The van der Waals surface area contributed by atoms with E-state index in [0.717, 1.165) is 25.3 Å². The highest BCUT2D eigenvalue weighted by atomic mass is 15.1. The summed E-state index contributed by atoms with van der Waals surface area (Å²) in [5.74, 6) is 1.15. The van der Waals surface area contributed by atoms with Gasteiger partial charge in [0.2, 0.25) is 0 Å². The molecular weight excluding hydrogens is 200 g/mol. The maximum absolute atomic E-state index is 4.30. The third-order valence-corrected chi connectivity index (χ3v) is 2.77. The third kappa shape index (κ3) is 4.77. The number of aryl methyl sites for hydroxylation is 1. The Balaban J connectivity index is 2.13. The molecule has 0 radical (unpaired) electrons. The molecule has 0 aromatic carbocycles. The van der Waals surface area contributed by atoms with Gasteiger partial charge in [-0.25, -0.2) is 4.98 Å². The summed E-state index contributed by atoms with van der Waals surface area (Å²) >= 11 is 0. The van der Waals surface area contributed by atoms with Crippen molar-refractivity contribution in [2.75, 3.05) is 27.2 Å². The number of nitrogens with zero attached hydrogens (tertiary/aromatic N) is 3. The molecule has 0 aliphatic carbocycles. The highest BCUT2D eigenvalue weighted by Crippen LogP contribution is 1.96. The van der Waals surface area contributed by atoms with Crippen LogP contribution in [0.3, 0.4) is 0 Å². The molecule has 1 unspecified atom stereocenters. The zero-order chi connectivity index (χ0) is 12.0. The summed E-state index contributed by atoms with van der Waals surface area (Å²) in [5.41, 5.74) is 0. The monoisotopic (exact) mass is 224 g/mol. The van der Waals surface area contributed by atoms with Gasteiger partial charge in [0.05, 0.1) is 0 Å². The SMILES string of the molecule is CC(CCN(C)C)NCCc1nccn1C. The van der Waals surface area contributed by atoms with Crippen LogP contribution in [0.4, 0.5) is 0 Å². The van der Waals surface area contributed by atoms with Crippen LogP contribution in [0.15, 0.2) is 12.4 Å². The van der Waals surface area contributed by atoms with Crippen LogP contribution >= 0.6 is 0 Å². The van der Waals surface area contributed by atoms with Gasteiger partial charge in [-0.2, -0.15) is 0 Å². The van der Waals surface area contributed by atoms with Gasteiger partial charge in [-0.05, 0) is 34.0 Å². The molecule has 0 saturated carbocycles. The second kappa shape index (κ2) is 6.66. The highest BCUT2D eigenvalue weighted by Gasteiger charge is 2.03. The predicted octanol–water partition coefficient (Wildman–Crippen LogP) is 0.892. The molecule has 0 amide bonds. The molecule has 0 bridgehead atoms. The quantitative estimate of drug-likeness (QED) is 0.747. The summed E-state index contributed by atoms with van der Waals surface area (Å²) in [5, 5.41) is 3.52. The highest BCUT2D eigenvalue weighted by molar-refractivity contribution is 4.91. The predicted molar refractivity (Wildman–Crippen MR) is 67.5 cm³/mol. The number of hydrogen-bond donors (Lipinski definition) is 1. The summed E-state index contributed by atoms with van der Waals surface area (Å²) in [4.78, 5) is 6.52. The summed E-state index contributed by atoms with van der Waals surface area (Å²) < 4.78 is 2.08. The van der Waals surface area contributed by atoms with Gasteiger partial charge < -0.3 is 14.8 Å². The van der Waals surface area contributed by atoms with Crippen molar-refractivity contribution in [3.8, 4) is 0 Å². The third-order valence-electron chi connectivity index (χ3n) is 2.77. The Kier molecular flexibility index (Phi) is 5.49. The smallest absolute Gasteiger partial charge is 0.109 e. The Morgan fingerprint density at radius 1 is 1.50 bits per heavy atom. The van der Waals surface area contributed by atoms with E-state index in [4.69, 9.17) is 0 Å². The van der Waals surface area contributed by atoms with Gasteiger partial charge in [-0.3, -0.25) is 0 Å². The molecule has 1 N–H and O–H groups in total. The van der Waals surface area contributed by atoms with E-state index >= 15 is 0 Å². The van der Waals surface area contributed by atoms with Crippen LogP contribution in [0.1, 0.15) is 19.2 Å². The second-order valence-corrected chi connectivity index (χ2v) is 4.65. The van der Waals surface area contributed by atoms with Gasteiger partial charge in [0.25, 0.3) is 0 Å². The number of aromatic nitrogens is 2. The second-order valence-electron chi connectivity index (χ2n) is 4.65. The minimum atomic E-state index is 0.572. The molecular formula is C12H24N4. The normalized spacial score (nSPS) is 13.3. The van der Waals surface area contributed by atoms with Crippen LogP contribution in [-0.4, -0.2) is 47.7 Å². The van der Waals surface area contributed by atoms with Gasteiger partial charge in [0.15, 0.2) is 0 Å². The van der Waals surface area contributed by atoms with E-state index in [0.29, 0.717) is 6.04 Å². The van der Waals surface area contributed by atoms with Gasteiger partial charge in [-0.1, -0.05) is 0 Å². The van der Waals surface area contributed by atoms with E-state index in [9.17, 15) is 0 Å². The molecule has 4 nitrogen and oxygen atoms in total. The summed E-state index contributed by atoms with van der Waals surface area (Å²) in [6, 6.07) is 0.572. The number of imidazole rings is 1. The van der Waals surface area contributed by atoms with E-state index in [1.807, 2.05) is 19.4 Å². The lowest BCUT2D eigenvalue weighted by molar-refractivity contribution is 0.366. The number of rotatable bonds is 7. The maximum Gasteiger partial charge on any atom is 0.109 e. The fourth-order valence-corrected chi connectivity index (χ4v) is 1.62. The first kappa shape index (κ1) is 13.2. The van der Waals surface area contributed by atoms with E-state index in [2.05, 4.69) is 40.8 Å². The van der Waals surface area contributed by atoms with Crippen molar-refractivity contribution in [1.82, 2.24) is 19.8 Å². The van der Waals surface area contributed by atoms with Crippen LogP contribution in [0.25, 0.3) is 0 Å². The summed E-state index contributed by atoms with van der Waals surface area (Å²) in [7, 11) is 6.26. The zero-order valence-electron chi connectivity index (χ0n) is 10.9. The van der Waals surface area contributed by atoms with E-state index < -0.39 is 0 Å². The van der Waals surface area contributed by atoms with Gasteiger partial charge in [0, 0.05) is 38.4 Å². The van der Waals surface area contributed by atoms with Crippen molar-refractivity contribution in [3.05, 3.63) is 18.2 Å². The molecule has 4 heteroatoms. The summed E-state index contributed by atoms with van der Waals surface area (Å²) in [6.07, 6.45) is 6.03. The Morgan fingerprint density at radius 2 is 2.25 bits per heavy atom. The zero-order valence-corrected chi connectivity index (χ0v) is 10.9. The molecule has 0 saturated heterocycles. The lowest BCUT2D eigenvalue weighted by atomic mass is 10.2. The summed E-state index contributed by atoms with van der Waals surface area (Å²) in [6.45, 7) is 4.37. The van der Waals surface area contributed by atoms with E-state index in [-0.39, 0.29) is 0 Å². The molecule has 1 rings (SSSR count). The Morgan fingerprint density at radius 3 is 2.81 bits per heavy atom. The molecule has 0 aliphatic heterocycles. The van der Waals surface area contributed by atoms with Crippen molar-refractivity contribution in [2.24, 2.45) is 7.05 Å². The van der Waals surface area contributed by atoms with Crippen molar-refractivity contribution in [2.45, 2.75) is 25.8 Å². The van der Waals surface area contributed by atoms with Gasteiger partial charge in [-0.15, -0.1) is 0 Å². The fraction of sp³-hybridized carbons (Fsp3) is 0.750. The van der Waals surface area contributed by atoms with Crippen LogP contribution in [-0.2, 0) is 13.5 Å². The minimum absolute atomic E-state index is 0.572. The van der Waals surface area contributed by atoms with Crippen LogP contribution < -0.4 is 5.32 Å². The first-order chi connectivity index (χ1) is 7.59. The van der Waals surface area contributed by atoms with Crippen LogP contribution in [0.2, 0.25) is 0 Å². The van der Waals surface area contributed by atoms with Crippen molar-refractivity contribution < 1.29 is 0 Å². The Bertz CT molecular complexity index is 293. The molecule has 16 heavy (non-hydrogen) atoms. The molecule has 1 aromatic rings. The Hall–Kier alpha value is -0.870. The topological polar surface area (TPSA) is 33.1 Å². The van der Waals surface area contributed by atoms with Gasteiger partial charge in [0.1, 0.15) is 5.82 Å². The van der Waals surface area contributed by atoms with Crippen LogP contribution in [0, 0.1) is 0 Å². The maximum atomic E-state index is 4.30. The van der Waals surface area contributed by atoms with Crippen molar-refractivity contribution >= 4 is 0 Å².